The Bertz CT molecular complexity index is 429. The molecule has 0 N–H and O–H groups in total. The lowest BCUT2D eigenvalue weighted by Crippen LogP contribution is -2.33. The molecule has 0 spiro atoms. The molecule has 3 nitrogen and oxygen atoms in total. The Kier molecular flexibility index (Phi) is 5.85. The lowest BCUT2D eigenvalue weighted by atomic mass is 10.2. The van der Waals surface area contributed by atoms with E-state index >= 15 is 0 Å². The third-order valence-corrected chi connectivity index (χ3v) is 2.89. The van der Waals surface area contributed by atoms with Gasteiger partial charge in [0.2, 0.25) is 0 Å². The number of benzene rings is 1. The highest BCUT2D eigenvalue weighted by atomic mass is 35.5. The van der Waals surface area contributed by atoms with E-state index in [4.69, 9.17) is 27.9 Å². The van der Waals surface area contributed by atoms with Crippen molar-refractivity contribution in [2.45, 2.75) is 5.38 Å². The Labute approximate surface area is 115 Å². The monoisotopic (exact) mass is 293 g/mol. The van der Waals surface area contributed by atoms with Crippen LogP contribution in [0.4, 0.5) is 4.39 Å². The maximum atomic E-state index is 13.0. The minimum absolute atomic E-state index is 0.0754. The summed E-state index contributed by atoms with van der Waals surface area (Å²) in [6.45, 7) is 0.687. The summed E-state index contributed by atoms with van der Waals surface area (Å²) in [5.74, 6) is -0.816. The van der Waals surface area contributed by atoms with Crippen molar-refractivity contribution in [1.29, 1.82) is 0 Å². The van der Waals surface area contributed by atoms with Gasteiger partial charge in [0.05, 0.1) is 17.0 Å². The number of carbonyl (C=O) groups is 1. The fraction of sp³-hybridized carbons (Fsp3) is 0.417. The molecule has 18 heavy (non-hydrogen) atoms. The minimum Gasteiger partial charge on any atom is -0.383 e. The summed E-state index contributed by atoms with van der Waals surface area (Å²) in [6, 6.07) is 3.85. The smallest absolute Gasteiger partial charge is 0.253 e. The molecule has 0 saturated heterocycles. The van der Waals surface area contributed by atoms with Crippen molar-refractivity contribution in [3.63, 3.8) is 0 Å². The third-order valence-electron chi connectivity index (χ3n) is 2.33. The number of halogens is 3. The Balaban J connectivity index is 2.71. The molecule has 6 heteroatoms. The van der Waals surface area contributed by atoms with Gasteiger partial charge >= 0.3 is 0 Å². The first-order valence-electron chi connectivity index (χ1n) is 5.29. The van der Waals surface area contributed by atoms with Gasteiger partial charge in [0.15, 0.2) is 0 Å². The molecule has 0 aliphatic carbocycles. The Morgan fingerprint density at radius 3 is 2.78 bits per heavy atom. The molecular formula is C12H14Cl2FNO2. The van der Waals surface area contributed by atoms with Crippen LogP contribution in [0.3, 0.4) is 0 Å². The van der Waals surface area contributed by atoms with Crippen molar-refractivity contribution in [2.75, 3.05) is 27.3 Å². The molecule has 0 aliphatic heterocycles. The number of hydrogen-bond donors (Lipinski definition) is 0. The van der Waals surface area contributed by atoms with E-state index < -0.39 is 5.82 Å². The van der Waals surface area contributed by atoms with Gasteiger partial charge in [-0.05, 0) is 18.2 Å². The Hall–Kier alpha value is -0.840. The maximum absolute atomic E-state index is 13.0. The zero-order valence-electron chi connectivity index (χ0n) is 10.1. The number of alkyl halides is 1. The van der Waals surface area contributed by atoms with E-state index in [2.05, 4.69) is 0 Å². The summed E-state index contributed by atoms with van der Waals surface area (Å²) in [6.07, 6.45) is 0. The number of carbonyl (C=O) groups excluding carboxylic acids is 1. The molecule has 1 atom stereocenters. The number of rotatable bonds is 5. The molecule has 1 aromatic rings. The van der Waals surface area contributed by atoms with Crippen LogP contribution in [0.2, 0.25) is 5.02 Å². The summed E-state index contributed by atoms with van der Waals surface area (Å²) in [7, 11) is 3.15. The van der Waals surface area contributed by atoms with Crippen molar-refractivity contribution in [1.82, 2.24) is 4.90 Å². The van der Waals surface area contributed by atoms with Gasteiger partial charge in [-0.1, -0.05) is 11.6 Å². The van der Waals surface area contributed by atoms with Crippen LogP contribution in [-0.2, 0) is 4.74 Å². The number of methoxy groups -OCH3 is 1. The molecule has 1 aromatic carbocycles. The largest absolute Gasteiger partial charge is 0.383 e. The second-order valence-corrected chi connectivity index (χ2v) is 4.89. The number of hydrogen-bond acceptors (Lipinski definition) is 2. The van der Waals surface area contributed by atoms with Gasteiger partial charge in [-0.25, -0.2) is 4.39 Å². The van der Waals surface area contributed by atoms with Gasteiger partial charge in [0, 0.05) is 26.3 Å². The van der Waals surface area contributed by atoms with E-state index in [0.29, 0.717) is 18.7 Å². The van der Waals surface area contributed by atoms with Gasteiger partial charge in [0.25, 0.3) is 5.91 Å². The van der Waals surface area contributed by atoms with Gasteiger partial charge in [-0.15, -0.1) is 11.6 Å². The van der Waals surface area contributed by atoms with Crippen LogP contribution in [0.1, 0.15) is 10.4 Å². The van der Waals surface area contributed by atoms with Crippen LogP contribution in [-0.4, -0.2) is 43.5 Å². The number of ether oxygens (including phenoxy) is 1. The molecule has 0 fully saturated rings. The second-order valence-electron chi connectivity index (χ2n) is 3.87. The number of amides is 1. The van der Waals surface area contributed by atoms with Gasteiger partial charge < -0.3 is 9.64 Å². The van der Waals surface area contributed by atoms with E-state index in [0.717, 1.165) is 6.07 Å². The zero-order valence-corrected chi connectivity index (χ0v) is 11.6. The molecule has 0 aromatic heterocycles. The molecule has 0 aliphatic rings. The number of nitrogens with zero attached hydrogens (tertiary/aromatic N) is 1. The van der Waals surface area contributed by atoms with E-state index in [1.807, 2.05) is 0 Å². The topological polar surface area (TPSA) is 29.5 Å². The van der Waals surface area contributed by atoms with E-state index in [1.165, 1.54) is 24.1 Å². The van der Waals surface area contributed by atoms with Crippen LogP contribution in [0.15, 0.2) is 18.2 Å². The Morgan fingerprint density at radius 2 is 2.22 bits per heavy atom. The SMILES string of the molecule is COCC(Cl)CN(C)C(=O)c1ccc(F)c(Cl)c1. The lowest BCUT2D eigenvalue weighted by molar-refractivity contribution is 0.0781. The molecule has 0 heterocycles. The standard InChI is InChI=1S/C12H14Cl2FNO2/c1-16(6-9(13)7-18-2)12(17)8-3-4-11(15)10(14)5-8/h3-5,9H,6-7H2,1-2H3. The summed E-state index contributed by atoms with van der Waals surface area (Å²) in [4.78, 5) is 13.4. The van der Waals surface area contributed by atoms with E-state index in [-0.39, 0.29) is 16.3 Å². The van der Waals surface area contributed by atoms with E-state index in [9.17, 15) is 9.18 Å². The quantitative estimate of drug-likeness (QED) is 0.782. The van der Waals surface area contributed by atoms with Crippen LogP contribution in [0.25, 0.3) is 0 Å². The fourth-order valence-electron chi connectivity index (χ4n) is 1.46. The molecule has 1 amide bonds. The van der Waals surface area contributed by atoms with Gasteiger partial charge in [-0.2, -0.15) is 0 Å². The summed E-state index contributed by atoms with van der Waals surface area (Å²) in [5, 5.41) is -0.367. The molecule has 1 unspecified atom stereocenters. The van der Waals surface area contributed by atoms with Crippen molar-refractivity contribution in [3.8, 4) is 0 Å². The molecule has 100 valence electrons. The normalized spacial score (nSPS) is 12.3. The predicted molar refractivity (Wildman–Crippen MR) is 69.9 cm³/mol. The summed E-state index contributed by atoms with van der Waals surface area (Å²) >= 11 is 11.6. The highest BCUT2D eigenvalue weighted by Crippen LogP contribution is 2.17. The van der Waals surface area contributed by atoms with Gasteiger partial charge in [-0.3, -0.25) is 4.79 Å². The first-order chi connectivity index (χ1) is 8.45. The van der Waals surface area contributed by atoms with E-state index in [1.54, 1.807) is 7.05 Å². The van der Waals surface area contributed by atoms with Crippen LogP contribution in [0.5, 0.6) is 0 Å². The van der Waals surface area contributed by atoms with Crippen molar-refractivity contribution < 1.29 is 13.9 Å². The van der Waals surface area contributed by atoms with Crippen molar-refractivity contribution >= 4 is 29.1 Å². The van der Waals surface area contributed by atoms with Crippen LogP contribution in [0, 0.1) is 5.82 Å². The predicted octanol–water partition coefficient (Wildman–Crippen LogP) is 2.80. The lowest BCUT2D eigenvalue weighted by Gasteiger charge is -2.20. The minimum atomic E-state index is -0.550. The average molecular weight is 294 g/mol. The Morgan fingerprint density at radius 1 is 1.56 bits per heavy atom. The molecule has 1 rings (SSSR count). The summed E-state index contributed by atoms with van der Waals surface area (Å²) in [5.41, 5.74) is 0.324. The third kappa shape index (κ3) is 4.12. The highest BCUT2D eigenvalue weighted by Gasteiger charge is 2.16. The fourth-order valence-corrected chi connectivity index (χ4v) is 1.98. The summed E-state index contributed by atoms with van der Waals surface area (Å²) < 4.78 is 17.9. The zero-order chi connectivity index (χ0) is 13.7. The first-order valence-corrected chi connectivity index (χ1v) is 6.10. The van der Waals surface area contributed by atoms with Crippen LogP contribution >= 0.6 is 23.2 Å². The van der Waals surface area contributed by atoms with Gasteiger partial charge in [0.1, 0.15) is 5.82 Å². The van der Waals surface area contributed by atoms with Crippen LogP contribution < -0.4 is 0 Å². The molecule has 0 radical (unpaired) electrons. The molecular weight excluding hydrogens is 280 g/mol. The molecule has 0 bridgehead atoms. The maximum Gasteiger partial charge on any atom is 0.253 e. The first kappa shape index (κ1) is 15.2. The second kappa shape index (κ2) is 6.92. The molecule has 0 saturated carbocycles. The average Bonchev–Trinajstić information content (AvgIpc) is 2.32. The van der Waals surface area contributed by atoms with Crippen molar-refractivity contribution in [3.05, 3.63) is 34.6 Å². The van der Waals surface area contributed by atoms with Crippen molar-refractivity contribution in [2.24, 2.45) is 0 Å². The highest BCUT2D eigenvalue weighted by molar-refractivity contribution is 6.31.